The van der Waals surface area contributed by atoms with Crippen LogP contribution in [0, 0.1) is 11.8 Å². The van der Waals surface area contributed by atoms with Gasteiger partial charge in [-0.2, -0.15) is 0 Å². The second-order valence-corrected chi connectivity index (χ2v) is 3.40. The second-order valence-electron chi connectivity index (χ2n) is 3.40. The van der Waals surface area contributed by atoms with Crippen molar-refractivity contribution in [2.45, 2.75) is 13.3 Å². The van der Waals surface area contributed by atoms with Gasteiger partial charge >= 0.3 is 5.97 Å². The fraction of sp³-hybridized carbons (Fsp3) is 0.364. The summed E-state index contributed by atoms with van der Waals surface area (Å²) in [4.78, 5) is 10.8. The lowest BCUT2D eigenvalue weighted by Gasteiger charge is -2.21. The van der Waals surface area contributed by atoms with Crippen molar-refractivity contribution < 1.29 is 9.53 Å². The quantitative estimate of drug-likeness (QED) is 0.452. The van der Waals surface area contributed by atoms with Crippen molar-refractivity contribution >= 4 is 5.97 Å². The first-order valence-corrected chi connectivity index (χ1v) is 4.51. The number of hydrogen-bond donors (Lipinski definition) is 0. The molecule has 0 aromatic rings. The molecular weight excluding hydrogens is 164 g/mol. The zero-order chi connectivity index (χ0) is 9.26. The SMILES string of the molecule is CC(=O)OC1=CC=CC2CC=CC12. The van der Waals surface area contributed by atoms with Gasteiger partial charge in [-0.15, -0.1) is 0 Å². The minimum atomic E-state index is -0.236. The van der Waals surface area contributed by atoms with Crippen molar-refractivity contribution in [2.75, 3.05) is 0 Å². The van der Waals surface area contributed by atoms with Crippen molar-refractivity contribution in [3.63, 3.8) is 0 Å². The summed E-state index contributed by atoms with van der Waals surface area (Å²) in [7, 11) is 0. The Balaban J connectivity index is 2.17. The summed E-state index contributed by atoms with van der Waals surface area (Å²) < 4.78 is 5.12. The van der Waals surface area contributed by atoms with Gasteiger partial charge < -0.3 is 4.74 Å². The zero-order valence-electron chi connectivity index (χ0n) is 7.57. The number of ether oxygens (including phenoxy) is 1. The molecule has 0 aromatic heterocycles. The third kappa shape index (κ3) is 1.57. The zero-order valence-corrected chi connectivity index (χ0v) is 7.57. The average Bonchev–Trinajstić information content (AvgIpc) is 2.51. The molecule has 0 saturated heterocycles. The minimum Gasteiger partial charge on any atom is -0.431 e. The fourth-order valence-electron chi connectivity index (χ4n) is 1.85. The first-order chi connectivity index (χ1) is 6.27. The van der Waals surface area contributed by atoms with Gasteiger partial charge in [-0.05, 0) is 18.4 Å². The van der Waals surface area contributed by atoms with Crippen molar-refractivity contribution in [3.05, 3.63) is 36.1 Å². The molecule has 0 saturated carbocycles. The van der Waals surface area contributed by atoms with E-state index in [1.807, 2.05) is 12.2 Å². The van der Waals surface area contributed by atoms with E-state index in [9.17, 15) is 4.79 Å². The summed E-state index contributed by atoms with van der Waals surface area (Å²) in [5, 5.41) is 0. The van der Waals surface area contributed by atoms with Crippen LogP contribution in [0.15, 0.2) is 36.1 Å². The van der Waals surface area contributed by atoms with Gasteiger partial charge in [-0.3, -0.25) is 4.79 Å². The molecule has 2 unspecified atom stereocenters. The molecule has 2 rings (SSSR count). The predicted molar refractivity (Wildman–Crippen MR) is 49.7 cm³/mol. The molecule has 0 spiro atoms. The highest BCUT2D eigenvalue weighted by Gasteiger charge is 2.27. The monoisotopic (exact) mass is 176 g/mol. The number of hydrogen-bond acceptors (Lipinski definition) is 2. The van der Waals surface area contributed by atoms with Gasteiger partial charge in [-0.1, -0.05) is 24.3 Å². The normalized spacial score (nSPS) is 29.8. The standard InChI is InChI=1S/C11H12O2/c1-8(12)13-11-7-3-5-9-4-2-6-10(9)11/h2-3,5-7,9-10H,4H2,1H3. The van der Waals surface area contributed by atoms with Crippen LogP contribution in [-0.2, 0) is 9.53 Å². The van der Waals surface area contributed by atoms with Crippen LogP contribution in [-0.4, -0.2) is 5.97 Å². The minimum absolute atomic E-state index is 0.236. The largest absolute Gasteiger partial charge is 0.431 e. The maximum absolute atomic E-state index is 10.8. The molecule has 0 aliphatic heterocycles. The molecule has 2 nitrogen and oxygen atoms in total. The molecule has 0 fully saturated rings. The van der Waals surface area contributed by atoms with Crippen LogP contribution < -0.4 is 0 Å². The molecule has 2 atom stereocenters. The van der Waals surface area contributed by atoms with E-state index in [1.165, 1.54) is 6.92 Å². The van der Waals surface area contributed by atoms with E-state index in [1.54, 1.807) is 0 Å². The molecule has 0 amide bonds. The summed E-state index contributed by atoms with van der Waals surface area (Å²) in [6, 6.07) is 0. The smallest absolute Gasteiger partial charge is 0.307 e. The Kier molecular flexibility index (Phi) is 2.05. The molecule has 0 N–H and O–H groups in total. The lowest BCUT2D eigenvalue weighted by Crippen LogP contribution is -2.15. The molecular formula is C11H12O2. The van der Waals surface area contributed by atoms with Crippen LogP contribution in [0.2, 0.25) is 0 Å². The van der Waals surface area contributed by atoms with Gasteiger partial charge in [0.05, 0.1) is 0 Å². The molecule has 0 radical (unpaired) electrons. The van der Waals surface area contributed by atoms with Crippen LogP contribution >= 0.6 is 0 Å². The number of esters is 1. The van der Waals surface area contributed by atoms with Gasteiger partial charge in [0.15, 0.2) is 0 Å². The van der Waals surface area contributed by atoms with E-state index in [2.05, 4.69) is 18.2 Å². The first kappa shape index (κ1) is 8.30. The van der Waals surface area contributed by atoms with Crippen LogP contribution in [0.1, 0.15) is 13.3 Å². The summed E-state index contributed by atoms with van der Waals surface area (Å²) in [6.45, 7) is 1.44. The van der Waals surface area contributed by atoms with Gasteiger partial charge in [0.2, 0.25) is 0 Å². The van der Waals surface area contributed by atoms with Crippen molar-refractivity contribution in [1.82, 2.24) is 0 Å². The third-order valence-corrected chi connectivity index (χ3v) is 2.42. The molecule has 0 aromatic carbocycles. The highest BCUT2D eigenvalue weighted by atomic mass is 16.5. The Morgan fingerprint density at radius 1 is 1.54 bits per heavy atom. The van der Waals surface area contributed by atoms with Gasteiger partial charge in [-0.25, -0.2) is 0 Å². The molecule has 2 aliphatic rings. The number of carbonyl (C=O) groups is 1. The molecule has 0 heterocycles. The summed E-state index contributed by atoms with van der Waals surface area (Å²) in [5.74, 6) is 1.34. The first-order valence-electron chi connectivity index (χ1n) is 4.51. The second kappa shape index (κ2) is 3.21. The lowest BCUT2D eigenvalue weighted by molar-refractivity contribution is -0.137. The van der Waals surface area contributed by atoms with E-state index in [0.717, 1.165) is 12.2 Å². The van der Waals surface area contributed by atoms with Gasteiger partial charge in [0.1, 0.15) is 5.76 Å². The van der Waals surface area contributed by atoms with E-state index >= 15 is 0 Å². The summed E-state index contributed by atoms with van der Waals surface area (Å²) in [5.41, 5.74) is 0. The highest BCUT2D eigenvalue weighted by Crippen LogP contribution is 2.35. The molecule has 13 heavy (non-hydrogen) atoms. The average molecular weight is 176 g/mol. The van der Waals surface area contributed by atoms with Crippen LogP contribution in [0.4, 0.5) is 0 Å². The van der Waals surface area contributed by atoms with Gasteiger partial charge in [0.25, 0.3) is 0 Å². The molecule has 2 heteroatoms. The highest BCUT2D eigenvalue weighted by molar-refractivity contribution is 5.67. The lowest BCUT2D eigenvalue weighted by atomic mass is 9.90. The Labute approximate surface area is 77.6 Å². The predicted octanol–water partition coefficient (Wildman–Crippen LogP) is 2.20. The van der Waals surface area contributed by atoms with Crippen LogP contribution in [0.5, 0.6) is 0 Å². The van der Waals surface area contributed by atoms with Crippen LogP contribution in [0.3, 0.4) is 0 Å². The number of carbonyl (C=O) groups excluding carboxylic acids is 1. The van der Waals surface area contributed by atoms with Crippen molar-refractivity contribution in [3.8, 4) is 0 Å². The number of fused-ring (bicyclic) bond motifs is 1. The topological polar surface area (TPSA) is 26.3 Å². The maximum atomic E-state index is 10.8. The summed E-state index contributed by atoms with van der Waals surface area (Å²) >= 11 is 0. The molecule has 68 valence electrons. The Hall–Kier alpha value is -1.31. The van der Waals surface area contributed by atoms with E-state index < -0.39 is 0 Å². The Morgan fingerprint density at radius 3 is 3.15 bits per heavy atom. The maximum Gasteiger partial charge on any atom is 0.307 e. The van der Waals surface area contributed by atoms with Gasteiger partial charge in [0, 0.05) is 12.8 Å². The number of allylic oxidation sites excluding steroid dienone is 5. The third-order valence-electron chi connectivity index (χ3n) is 2.42. The summed E-state index contributed by atoms with van der Waals surface area (Å²) in [6.07, 6.45) is 11.3. The van der Waals surface area contributed by atoms with E-state index in [0.29, 0.717) is 5.92 Å². The van der Waals surface area contributed by atoms with E-state index in [-0.39, 0.29) is 11.9 Å². The van der Waals surface area contributed by atoms with Crippen molar-refractivity contribution in [1.29, 1.82) is 0 Å². The number of rotatable bonds is 1. The Morgan fingerprint density at radius 2 is 2.38 bits per heavy atom. The van der Waals surface area contributed by atoms with E-state index in [4.69, 9.17) is 4.74 Å². The Bertz CT molecular complexity index is 310. The fourth-order valence-corrected chi connectivity index (χ4v) is 1.85. The van der Waals surface area contributed by atoms with Crippen LogP contribution in [0.25, 0.3) is 0 Å². The molecule has 0 bridgehead atoms. The van der Waals surface area contributed by atoms with Crippen molar-refractivity contribution in [2.24, 2.45) is 11.8 Å². The molecule has 2 aliphatic carbocycles.